The Morgan fingerprint density at radius 1 is 1.41 bits per heavy atom. The van der Waals surface area contributed by atoms with Crippen molar-refractivity contribution in [2.45, 2.75) is 27.2 Å². The Kier molecular flexibility index (Phi) is 2.94. The Bertz CT molecular complexity index is 454. The van der Waals surface area contributed by atoms with E-state index in [9.17, 15) is 9.18 Å². The van der Waals surface area contributed by atoms with E-state index in [2.05, 4.69) is 18.7 Å². The molecule has 0 radical (unpaired) electrons. The summed E-state index contributed by atoms with van der Waals surface area (Å²) in [7, 11) is 0. The standard InChI is InChI=1S/C14H18FNO/c1-10(17)11-4-5-13(12(15)8-11)16-7-6-14(2,3)9-16/h4-5,8H,6-7,9H2,1-3H3. The first kappa shape index (κ1) is 12.1. The quantitative estimate of drug-likeness (QED) is 0.733. The number of carbonyl (C=O) groups is 1. The number of hydrogen-bond acceptors (Lipinski definition) is 2. The fourth-order valence-electron chi connectivity index (χ4n) is 2.30. The Hall–Kier alpha value is -1.38. The molecule has 1 heterocycles. The Balaban J connectivity index is 2.26. The monoisotopic (exact) mass is 235 g/mol. The normalized spacial score (nSPS) is 18.5. The van der Waals surface area contributed by atoms with Gasteiger partial charge in [-0.15, -0.1) is 0 Å². The van der Waals surface area contributed by atoms with Crippen LogP contribution in [0.5, 0.6) is 0 Å². The third-order valence-electron chi connectivity index (χ3n) is 3.37. The number of halogens is 1. The summed E-state index contributed by atoms with van der Waals surface area (Å²) in [5.74, 6) is -0.396. The molecule has 1 aromatic rings. The number of ketones is 1. The molecule has 3 heteroatoms. The maximum Gasteiger partial charge on any atom is 0.159 e. The third kappa shape index (κ3) is 2.48. The molecule has 1 aliphatic rings. The van der Waals surface area contributed by atoms with Crippen LogP contribution in [0.3, 0.4) is 0 Å². The average Bonchev–Trinajstić information content (AvgIpc) is 2.58. The molecular formula is C14H18FNO. The van der Waals surface area contributed by atoms with Crippen molar-refractivity contribution in [3.63, 3.8) is 0 Å². The van der Waals surface area contributed by atoms with Crippen molar-refractivity contribution in [3.05, 3.63) is 29.6 Å². The van der Waals surface area contributed by atoms with Crippen molar-refractivity contribution >= 4 is 11.5 Å². The molecule has 0 aliphatic carbocycles. The van der Waals surface area contributed by atoms with Crippen LogP contribution >= 0.6 is 0 Å². The van der Waals surface area contributed by atoms with E-state index in [-0.39, 0.29) is 17.0 Å². The molecule has 1 aliphatic heterocycles. The molecule has 92 valence electrons. The lowest BCUT2D eigenvalue weighted by molar-refractivity contribution is 0.101. The van der Waals surface area contributed by atoms with Gasteiger partial charge in [0.2, 0.25) is 0 Å². The van der Waals surface area contributed by atoms with Gasteiger partial charge in [-0.3, -0.25) is 4.79 Å². The van der Waals surface area contributed by atoms with Gasteiger partial charge in [-0.25, -0.2) is 4.39 Å². The smallest absolute Gasteiger partial charge is 0.159 e. The number of carbonyl (C=O) groups excluding carboxylic acids is 1. The lowest BCUT2D eigenvalue weighted by Gasteiger charge is -2.22. The van der Waals surface area contributed by atoms with E-state index in [0.717, 1.165) is 19.5 Å². The molecule has 0 bridgehead atoms. The van der Waals surface area contributed by atoms with Crippen LogP contribution in [-0.2, 0) is 0 Å². The van der Waals surface area contributed by atoms with Crippen LogP contribution in [0, 0.1) is 11.2 Å². The van der Waals surface area contributed by atoms with Crippen LogP contribution in [0.4, 0.5) is 10.1 Å². The lowest BCUT2D eigenvalue weighted by atomic mass is 9.93. The number of anilines is 1. The molecule has 0 N–H and O–H groups in total. The van der Waals surface area contributed by atoms with Gasteiger partial charge in [-0.1, -0.05) is 13.8 Å². The predicted molar refractivity (Wildman–Crippen MR) is 67.0 cm³/mol. The molecule has 1 aromatic carbocycles. The van der Waals surface area contributed by atoms with Crippen LogP contribution < -0.4 is 4.90 Å². The summed E-state index contributed by atoms with van der Waals surface area (Å²) < 4.78 is 13.9. The second kappa shape index (κ2) is 4.13. The average molecular weight is 235 g/mol. The Morgan fingerprint density at radius 3 is 2.59 bits per heavy atom. The van der Waals surface area contributed by atoms with Crippen LogP contribution in [0.25, 0.3) is 0 Å². The summed E-state index contributed by atoms with van der Waals surface area (Å²) in [4.78, 5) is 13.2. The highest BCUT2D eigenvalue weighted by Gasteiger charge is 2.30. The van der Waals surface area contributed by atoms with Gasteiger partial charge < -0.3 is 4.90 Å². The first-order chi connectivity index (χ1) is 7.89. The highest BCUT2D eigenvalue weighted by molar-refractivity contribution is 5.94. The van der Waals surface area contributed by atoms with E-state index in [1.807, 2.05) is 0 Å². The third-order valence-corrected chi connectivity index (χ3v) is 3.37. The molecule has 0 aromatic heterocycles. The van der Waals surface area contributed by atoms with Crippen molar-refractivity contribution in [1.82, 2.24) is 0 Å². The second-order valence-electron chi connectivity index (χ2n) is 5.56. The van der Waals surface area contributed by atoms with Gasteiger partial charge in [0, 0.05) is 18.7 Å². The minimum atomic E-state index is -0.296. The zero-order valence-corrected chi connectivity index (χ0v) is 10.6. The molecule has 0 spiro atoms. The van der Waals surface area contributed by atoms with Gasteiger partial charge >= 0.3 is 0 Å². The number of nitrogens with zero attached hydrogens (tertiary/aromatic N) is 1. The topological polar surface area (TPSA) is 20.3 Å². The molecular weight excluding hydrogens is 217 g/mol. The zero-order valence-electron chi connectivity index (χ0n) is 10.6. The first-order valence-corrected chi connectivity index (χ1v) is 5.94. The molecule has 2 nitrogen and oxygen atoms in total. The maximum absolute atomic E-state index is 13.9. The van der Waals surface area contributed by atoms with Crippen LogP contribution in [0.1, 0.15) is 37.6 Å². The van der Waals surface area contributed by atoms with E-state index in [1.54, 1.807) is 12.1 Å². The van der Waals surface area contributed by atoms with E-state index >= 15 is 0 Å². The Labute approximate surface area is 101 Å². The fraction of sp³-hybridized carbons (Fsp3) is 0.500. The van der Waals surface area contributed by atoms with Gasteiger partial charge in [0.05, 0.1) is 5.69 Å². The minimum Gasteiger partial charge on any atom is -0.369 e. The van der Waals surface area contributed by atoms with Gasteiger partial charge in [-0.2, -0.15) is 0 Å². The highest BCUT2D eigenvalue weighted by Crippen LogP contribution is 2.33. The second-order valence-corrected chi connectivity index (χ2v) is 5.56. The van der Waals surface area contributed by atoms with Gasteiger partial charge in [-0.05, 0) is 37.0 Å². The van der Waals surface area contributed by atoms with Crippen LogP contribution in [0.2, 0.25) is 0 Å². The summed E-state index contributed by atoms with van der Waals surface area (Å²) in [5.41, 5.74) is 1.29. The molecule has 1 fully saturated rings. The summed E-state index contributed by atoms with van der Waals surface area (Å²) in [6.45, 7) is 7.57. The number of rotatable bonds is 2. The van der Waals surface area contributed by atoms with E-state index in [4.69, 9.17) is 0 Å². The molecule has 0 atom stereocenters. The fourth-order valence-corrected chi connectivity index (χ4v) is 2.30. The molecule has 0 amide bonds. The molecule has 0 saturated carbocycles. The SMILES string of the molecule is CC(=O)c1ccc(N2CCC(C)(C)C2)c(F)c1. The summed E-state index contributed by atoms with van der Waals surface area (Å²) in [6.07, 6.45) is 1.07. The lowest BCUT2D eigenvalue weighted by Crippen LogP contribution is -2.23. The van der Waals surface area contributed by atoms with E-state index < -0.39 is 0 Å². The largest absolute Gasteiger partial charge is 0.369 e. The highest BCUT2D eigenvalue weighted by atomic mass is 19.1. The predicted octanol–water partition coefficient (Wildman–Crippen LogP) is 3.26. The molecule has 2 rings (SSSR count). The zero-order chi connectivity index (χ0) is 12.6. The number of hydrogen-bond donors (Lipinski definition) is 0. The van der Waals surface area contributed by atoms with Crippen molar-refractivity contribution in [2.75, 3.05) is 18.0 Å². The van der Waals surface area contributed by atoms with Crippen LogP contribution in [-0.4, -0.2) is 18.9 Å². The van der Waals surface area contributed by atoms with Crippen molar-refractivity contribution in [2.24, 2.45) is 5.41 Å². The minimum absolute atomic E-state index is 0.0998. The van der Waals surface area contributed by atoms with E-state index in [1.165, 1.54) is 13.0 Å². The Morgan fingerprint density at radius 2 is 2.12 bits per heavy atom. The molecule has 1 saturated heterocycles. The number of benzene rings is 1. The van der Waals surface area contributed by atoms with Crippen molar-refractivity contribution < 1.29 is 9.18 Å². The van der Waals surface area contributed by atoms with Crippen LogP contribution in [0.15, 0.2) is 18.2 Å². The summed E-state index contributed by atoms with van der Waals surface area (Å²) in [6, 6.07) is 4.75. The van der Waals surface area contributed by atoms with Crippen molar-refractivity contribution in [3.8, 4) is 0 Å². The maximum atomic E-state index is 13.9. The molecule has 0 unspecified atom stereocenters. The summed E-state index contributed by atoms with van der Waals surface area (Å²) in [5, 5.41) is 0. The molecule has 17 heavy (non-hydrogen) atoms. The number of Topliss-reactive ketones (excluding diaryl/α,β-unsaturated/α-hetero) is 1. The summed E-state index contributed by atoms with van der Waals surface area (Å²) >= 11 is 0. The van der Waals surface area contributed by atoms with Gasteiger partial charge in [0.15, 0.2) is 5.78 Å². The van der Waals surface area contributed by atoms with E-state index in [0.29, 0.717) is 11.3 Å². The van der Waals surface area contributed by atoms with Gasteiger partial charge in [0.25, 0.3) is 0 Å². The first-order valence-electron chi connectivity index (χ1n) is 5.94. The van der Waals surface area contributed by atoms with Crippen molar-refractivity contribution in [1.29, 1.82) is 0 Å². The van der Waals surface area contributed by atoms with Gasteiger partial charge in [0.1, 0.15) is 5.82 Å².